The average Bonchev–Trinajstić information content (AvgIpc) is 3.52. The summed E-state index contributed by atoms with van der Waals surface area (Å²) < 4.78 is 32.1. The Kier molecular flexibility index (Phi) is 7.06. The number of nitrogens with one attached hydrogen (secondary N) is 1. The summed E-state index contributed by atoms with van der Waals surface area (Å²) in [5.41, 5.74) is 1.90. The van der Waals surface area contributed by atoms with Crippen LogP contribution in [0.3, 0.4) is 0 Å². The van der Waals surface area contributed by atoms with Crippen LogP contribution in [-0.4, -0.2) is 44.5 Å². The number of amides is 1. The second kappa shape index (κ2) is 9.74. The molecule has 2 aliphatic carbocycles. The minimum atomic E-state index is -3.62. The zero-order chi connectivity index (χ0) is 25.4. The fourth-order valence-corrected chi connectivity index (χ4v) is 5.81. The van der Waals surface area contributed by atoms with Crippen molar-refractivity contribution in [2.24, 2.45) is 0 Å². The molecule has 4 rings (SSSR count). The molecule has 0 aliphatic heterocycles. The van der Waals surface area contributed by atoms with Gasteiger partial charge in [-0.3, -0.25) is 4.79 Å². The summed E-state index contributed by atoms with van der Waals surface area (Å²) in [6.45, 7) is 8.31. The summed E-state index contributed by atoms with van der Waals surface area (Å²) in [6.07, 6.45) is 5.87. The van der Waals surface area contributed by atoms with Gasteiger partial charge in [-0.1, -0.05) is 35.5 Å². The molecular formula is C27H35N3O4S. The Hall–Kier alpha value is -2.71. The molecule has 1 fully saturated rings. The quantitative estimate of drug-likeness (QED) is 0.545. The molecule has 1 aromatic carbocycles. The van der Waals surface area contributed by atoms with E-state index in [1.54, 1.807) is 24.3 Å². The Bertz CT molecular complexity index is 1240. The zero-order valence-electron chi connectivity index (χ0n) is 21.0. The van der Waals surface area contributed by atoms with Crippen molar-refractivity contribution in [2.45, 2.75) is 74.8 Å². The highest BCUT2D eigenvalue weighted by Crippen LogP contribution is 2.40. The van der Waals surface area contributed by atoms with Gasteiger partial charge in [0, 0.05) is 34.9 Å². The third-order valence-corrected chi connectivity index (χ3v) is 9.15. The van der Waals surface area contributed by atoms with Crippen LogP contribution < -0.4 is 5.32 Å². The van der Waals surface area contributed by atoms with Gasteiger partial charge in [0.15, 0.2) is 5.69 Å². The van der Waals surface area contributed by atoms with Gasteiger partial charge in [-0.25, -0.2) is 8.42 Å². The minimum absolute atomic E-state index is 0.135. The standard InChI is InChI=1S/C27H35N3O4S/c1-18-15-21(28-26(31)24-17-25(34-29-24)19-9-10-19)7-6-8-23(16-18)35(32,33)22-13-11-20(12-14-22)27(2,3)30(4)5/h8,11-14,17,19,21H,1,6-7,9-10,15-16H2,2-5H3,(H,28,31)/b23-8-/t21-/m1/s1. The SMILES string of the molecule is C=C1C/C(S(=O)(=O)c2ccc(C(C)(C)N(C)C)cc2)=C/CC[C@@H](NC(=O)c2cc(C3CC3)on2)C1. The normalized spacial score (nSPS) is 21.2. The van der Waals surface area contributed by atoms with Crippen molar-refractivity contribution in [3.8, 4) is 0 Å². The van der Waals surface area contributed by atoms with Gasteiger partial charge in [0.1, 0.15) is 5.76 Å². The van der Waals surface area contributed by atoms with Gasteiger partial charge < -0.3 is 14.7 Å². The second-order valence-electron chi connectivity index (χ2n) is 10.4. The maximum Gasteiger partial charge on any atom is 0.273 e. The highest BCUT2D eigenvalue weighted by atomic mass is 32.2. The molecule has 35 heavy (non-hydrogen) atoms. The summed E-state index contributed by atoms with van der Waals surface area (Å²) in [4.78, 5) is 15.4. The highest BCUT2D eigenvalue weighted by Gasteiger charge is 2.30. The van der Waals surface area contributed by atoms with Gasteiger partial charge >= 0.3 is 0 Å². The molecule has 0 bridgehead atoms. The number of benzene rings is 1. The Labute approximate surface area is 208 Å². The molecule has 0 saturated heterocycles. The summed E-state index contributed by atoms with van der Waals surface area (Å²) in [6, 6.07) is 8.74. The van der Waals surface area contributed by atoms with E-state index in [1.807, 2.05) is 26.2 Å². The molecule has 1 amide bonds. The van der Waals surface area contributed by atoms with E-state index in [4.69, 9.17) is 4.52 Å². The Morgan fingerprint density at radius 1 is 1.17 bits per heavy atom. The van der Waals surface area contributed by atoms with Crippen LogP contribution in [0.25, 0.3) is 0 Å². The summed E-state index contributed by atoms with van der Waals surface area (Å²) in [5.74, 6) is 0.899. The van der Waals surface area contributed by atoms with Crippen LogP contribution in [0.1, 0.15) is 80.1 Å². The molecule has 0 spiro atoms. The van der Waals surface area contributed by atoms with Gasteiger partial charge in [0.25, 0.3) is 5.91 Å². The largest absolute Gasteiger partial charge is 0.360 e. The molecule has 1 saturated carbocycles. The minimum Gasteiger partial charge on any atom is -0.360 e. The van der Waals surface area contributed by atoms with Crippen molar-refractivity contribution >= 4 is 15.7 Å². The number of rotatable bonds is 7. The molecule has 0 unspecified atom stereocenters. The van der Waals surface area contributed by atoms with E-state index >= 15 is 0 Å². The Morgan fingerprint density at radius 3 is 2.49 bits per heavy atom. The number of sulfone groups is 1. The van der Waals surface area contributed by atoms with Crippen molar-refractivity contribution in [1.82, 2.24) is 15.4 Å². The third kappa shape index (κ3) is 5.59. The van der Waals surface area contributed by atoms with E-state index in [1.165, 1.54) is 0 Å². The number of hydrogen-bond donors (Lipinski definition) is 1. The Balaban J connectivity index is 1.44. The highest BCUT2D eigenvalue weighted by molar-refractivity contribution is 7.95. The van der Waals surface area contributed by atoms with Gasteiger partial charge in [-0.15, -0.1) is 0 Å². The average molecular weight is 498 g/mol. The van der Waals surface area contributed by atoms with Gasteiger partial charge in [0.2, 0.25) is 9.84 Å². The number of carbonyl (C=O) groups excluding carboxylic acids is 1. The van der Waals surface area contributed by atoms with Crippen LogP contribution in [0.2, 0.25) is 0 Å². The molecule has 1 aromatic heterocycles. The fourth-order valence-electron chi connectivity index (χ4n) is 4.28. The fraction of sp³-hybridized carbons (Fsp3) is 0.481. The number of allylic oxidation sites excluding steroid dienone is 2. The number of carbonyl (C=O) groups is 1. The molecule has 1 N–H and O–H groups in total. The first-order valence-electron chi connectivity index (χ1n) is 12.1. The lowest BCUT2D eigenvalue weighted by Crippen LogP contribution is -2.35. The Morgan fingerprint density at radius 2 is 1.86 bits per heavy atom. The van der Waals surface area contributed by atoms with Crippen LogP contribution in [0, 0.1) is 0 Å². The lowest BCUT2D eigenvalue weighted by molar-refractivity contribution is 0.0925. The lowest BCUT2D eigenvalue weighted by atomic mass is 9.93. The molecule has 7 nitrogen and oxygen atoms in total. The number of aromatic nitrogens is 1. The van der Waals surface area contributed by atoms with E-state index in [0.29, 0.717) is 35.8 Å². The van der Waals surface area contributed by atoms with Crippen LogP contribution >= 0.6 is 0 Å². The summed E-state index contributed by atoms with van der Waals surface area (Å²) >= 11 is 0. The maximum absolute atomic E-state index is 13.4. The van der Waals surface area contributed by atoms with Crippen molar-refractivity contribution in [1.29, 1.82) is 0 Å². The lowest BCUT2D eigenvalue weighted by Gasteiger charge is -2.33. The van der Waals surface area contributed by atoms with E-state index in [9.17, 15) is 13.2 Å². The van der Waals surface area contributed by atoms with E-state index in [2.05, 4.69) is 35.8 Å². The van der Waals surface area contributed by atoms with Gasteiger partial charge in [-0.05, 0) is 77.7 Å². The summed E-state index contributed by atoms with van der Waals surface area (Å²) in [5, 5.41) is 6.92. The van der Waals surface area contributed by atoms with E-state index in [-0.39, 0.29) is 28.8 Å². The van der Waals surface area contributed by atoms with Gasteiger partial charge in [-0.2, -0.15) is 0 Å². The number of hydrogen-bond acceptors (Lipinski definition) is 6. The molecule has 1 heterocycles. The predicted octanol–water partition coefficient (Wildman–Crippen LogP) is 4.94. The molecule has 8 heteroatoms. The summed E-state index contributed by atoms with van der Waals surface area (Å²) in [7, 11) is 0.382. The van der Waals surface area contributed by atoms with Crippen molar-refractivity contribution < 1.29 is 17.7 Å². The maximum atomic E-state index is 13.4. The third-order valence-electron chi connectivity index (χ3n) is 7.26. The predicted molar refractivity (Wildman–Crippen MR) is 136 cm³/mol. The van der Waals surface area contributed by atoms with Crippen LogP contribution in [-0.2, 0) is 15.4 Å². The number of nitrogens with zero attached hydrogens (tertiary/aromatic N) is 2. The molecule has 188 valence electrons. The van der Waals surface area contributed by atoms with Crippen LogP contribution in [0.5, 0.6) is 0 Å². The van der Waals surface area contributed by atoms with Crippen molar-refractivity contribution in [3.05, 3.63) is 70.5 Å². The molecular weight excluding hydrogens is 462 g/mol. The monoisotopic (exact) mass is 497 g/mol. The first-order valence-corrected chi connectivity index (χ1v) is 13.6. The van der Waals surface area contributed by atoms with E-state index in [0.717, 1.165) is 29.7 Å². The molecule has 2 aromatic rings. The first kappa shape index (κ1) is 25.4. The van der Waals surface area contributed by atoms with Gasteiger partial charge in [0.05, 0.1) is 4.90 Å². The zero-order valence-corrected chi connectivity index (χ0v) is 21.8. The second-order valence-corrected chi connectivity index (χ2v) is 12.4. The first-order chi connectivity index (χ1) is 16.5. The van der Waals surface area contributed by atoms with Crippen molar-refractivity contribution in [3.63, 3.8) is 0 Å². The molecule has 2 aliphatic rings. The van der Waals surface area contributed by atoms with Crippen LogP contribution in [0.15, 0.2) is 62.9 Å². The molecule has 0 radical (unpaired) electrons. The van der Waals surface area contributed by atoms with E-state index < -0.39 is 9.84 Å². The van der Waals surface area contributed by atoms with Crippen molar-refractivity contribution in [2.75, 3.05) is 14.1 Å². The topological polar surface area (TPSA) is 92.5 Å². The smallest absolute Gasteiger partial charge is 0.273 e. The van der Waals surface area contributed by atoms with Crippen LogP contribution in [0.4, 0.5) is 0 Å². The molecule has 1 atom stereocenters.